The number of unbranched alkanes of at least 4 members (excludes halogenated alkanes) is 7. The van der Waals surface area contributed by atoms with Gasteiger partial charge in [-0.15, -0.1) is 0 Å². The first-order valence-electron chi connectivity index (χ1n) is 16.8. The first-order chi connectivity index (χ1) is 20.7. The van der Waals surface area contributed by atoms with Gasteiger partial charge in [0.15, 0.2) is 0 Å². The summed E-state index contributed by atoms with van der Waals surface area (Å²) in [7, 11) is 0. The van der Waals surface area contributed by atoms with E-state index < -0.39 is 23.6 Å². The Balaban J connectivity index is 1.45. The summed E-state index contributed by atoms with van der Waals surface area (Å²) in [5.74, 6) is -1.11. The summed E-state index contributed by atoms with van der Waals surface area (Å²) in [6.07, 6.45) is 17.3. The molecule has 242 valence electrons. The summed E-state index contributed by atoms with van der Waals surface area (Å²) < 4.78 is 0. The molecule has 0 aromatic carbocycles. The van der Waals surface area contributed by atoms with Crippen molar-refractivity contribution in [3.63, 3.8) is 0 Å². The highest BCUT2D eigenvalue weighted by Gasteiger charge is 2.45. The average molecular weight is 599 g/mol. The molecule has 6 atom stereocenters. The third-order valence-corrected chi connectivity index (χ3v) is 9.56. The van der Waals surface area contributed by atoms with Gasteiger partial charge in [0.1, 0.15) is 5.82 Å². The summed E-state index contributed by atoms with van der Waals surface area (Å²) in [5, 5.41) is 43.0. The van der Waals surface area contributed by atoms with Crippen LogP contribution in [0.1, 0.15) is 121 Å². The van der Waals surface area contributed by atoms with Crippen LogP contribution in [0.25, 0.3) is 0 Å². The van der Waals surface area contributed by atoms with E-state index in [2.05, 4.69) is 16.9 Å². The van der Waals surface area contributed by atoms with Crippen LogP contribution in [0, 0.1) is 17.8 Å². The van der Waals surface area contributed by atoms with Gasteiger partial charge in [0, 0.05) is 6.20 Å². The topological polar surface area (TPSA) is 151 Å². The number of aliphatic hydroxyl groups excluding tert-OH is 2. The molecule has 8 heteroatoms. The van der Waals surface area contributed by atoms with Crippen LogP contribution < -0.4 is 10.7 Å². The van der Waals surface area contributed by atoms with Crippen LogP contribution in [-0.2, 0) is 17.6 Å². The van der Waals surface area contributed by atoms with Crippen LogP contribution in [0.4, 0.5) is 5.82 Å². The van der Waals surface area contributed by atoms with E-state index in [4.69, 9.17) is 5.73 Å². The second-order valence-corrected chi connectivity index (χ2v) is 13.1. The fourth-order valence-corrected chi connectivity index (χ4v) is 7.08. The standard InChI is InChI=1S/C35H56N3O5/c1-2-3-4-5-8-13-30(39)14-9-6-7-10-15-31(34(41)42)32(40)16-18-35(43)25-27(21-26-17-20-38-33(36)23-26)22-28(35)24-29-12-11-19-37-29/h11-12,17,19-20,23,27-28,30-32,39-40,43H,2-10,13-16,18,21-22,24-25H2,1H3,(H2,36,38)(H,41,42)/q-1/t27-,28-,30-,31-,32+,35+/m0/s1. The highest BCUT2D eigenvalue weighted by atomic mass is 16.4. The molecule has 0 saturated heterocycles. The SMILES string of the molecule is CCCCCCC[C@H](O)CCCCCC[C@H](C(=O)O)[C@H](O)CC[C@@]1(O)C[C@@H](Cc2ccnc(N)c2)C[C@H]1Cc1ccc[n-]1. The molecule has 3 rings (SSSR count). The number of anilines is 1. The van der Waals surface area contributed by atoms with Crippen molar-refractivity contribution in [1.29, 1.82) is 0 Å². The van der Waals surface area contributed by atoms with Gasteiger partial charge < -0.3 is 31.1 Å². The first kappa shape index (κ1) is 35.1. The zero-order chi connectivity index (χ0) is 31.1. The van der Waals surface area contributed by atoms with E-state index in [0.29, 0.717) is 31.5 Å². The summed E-state index contributed by atoms with van der Waals surface area (Å²) >= 11 is 0. The smallest absolute Gasteiger partial charge is 0.309 e. The minimum absolute atomic E-state index is 0.0197. The number of carbonyl (C=O) groups is 1. The largest absolute Gasteiger partial charge is 0.668 e. The number of pyridine rings is 1. The number of nitrogens with two attached hydrogens (primary N) is 1. The molecule has 1 saturated carbocycles. The minimum Gasteiger partial charge on any atom is -0.668 e. The van der Waals surface area contributed by atoms with Crippen LogP contribution in [0.15, 0.2) is 36.7 Å². The van der Waals surface area contributed by atoms with Gasteiger partial charge in [0.05, 0.1) is 23.7 Å². The average Bonchev–Trinajstić information content (AvgIpc) is 3.58. The molecule has 0 spiro atoms. The lowest BCUT2D eigenvalue weighted by atomic mass is 9.81. The summed E-state index contributed by atoms with van der Waals surface area (Å²) in [6, 6.07) is 7.71. The summed E-state index contributed by atoms with van der Waals surface area (Å²) in [4.78, 5) is 20.6. The van der Waals surface area contributed by atoms with E-state index in [9.17, 15) is 25.2 Å². The fraction of sp³-hybridized carbons (Fsp3) is 0.714. The fourth-order valence-electron chi connectivity index (χ4n) is 7.08. The lowest BCUT2D eigenvalue weighted by molar-refractivity contribution is -0.146. The van der Waals surface area contributed by atoms with Gasteiger partial charge in [0.25, 0.3) is 0 Å². The quantitative estimate of drug-likeness (QED) is 0.103. The van der Waals surface area contributed by atoms with Crippen molar-refractivity contribution in [3.8, 4) is 0 Å². The Hall–Kier alpha value is -2.42. The normalized spacial score (nSPS) is 22.4. The van der Waals surface area contributed by atoms with Crippen LogP contribution in [-0.4, -0.2) is 49.2 Å². The van der Waals surface area contributed by atoms with Crippen LogP contribution in [0.2, 0.25) is 0 Å². The van der Waals surface area contributed by atoms with Crippen LogP contribution >= 0.6 is 0 Å². The molecule has 0 bridgehead atoms. The molecule has 0 amide bonds. The number of hydrogen-bond acceptors (Lipinski definition) is 6. The van der Waals surface area contributed by atoms with Gasteiger partial charge in [-0.1, -0.05) is 76.8 Å². The zero-order valence-corrected chi connectivity index (χ0v) is 26.2. The van der Waals surface area contributed by atoms with E-state index in [1.54, 1.807) is 12.4 Å². The Morgan fingerprint density at radius 1 is 1.02 bits per heavy atom. The van der Waals surface area contributed by atoms with E-state index >= 15 is 0 Å². The molecule has 8 nitrogen and oxygen atoms in total. The van der Waals surface area contributed by atoms with Gasteiger partial charge in [-0.05, 0) is 87.3 Å². The van der Waals surface area contributed by atoms with Gasteiger partial charge in [0.2, 0.25) is 0 Å². The predicted octanol–water partition coefficient (Wildman–Crippen LogP) is 6.07. The number of nitrogens with zero attached hydrogens (tertiary/aromatic N) is 2. The Bertz CT molecular complexity index is 1050. The third kappa shape index (κ3) is 12.2. The number of aliphatic carboxylic acids is 1. The lowest BCUT2D eigenvalue weighted by Crippen LogP contribution is -2.37. The molecular formula is C35H56N3O5-. The second-order valence-electron chi connectivity index (χ2n) is 13.1. The van der Waals surface area contributed by atoms with E-state index in [0.717, 1.165) is 69.0 Å². The Labute approximate surface area is 258 Å². The molecule has 2 aromatic heterocycles. The van der Waals surface area contributed by atoms with Crippen molar-refractivity contribution in [2.45, 2.75) is 140 Å². The van der Waals surface area contributed by atoms with Crippen molar-refractivity contribution in [3.05, 3.63) is 47.9 Å². The summed E-state index contributed by atoms with van der Waals surface area (Å²) in [6.45, 7) is 2.20. The van der Waals surface area contributed by atoms with Crippen molar-refractivity contribution >= 4 is 11.8 Å². The Morgan fingerprint density at radius 2 is 1.72 bits per heavy atom. The molecule has 1 fully saturated rings. The summed E-state index contributed by atoms with van der Waals surface area (Å²) in [5.41, 5.74) is 6.92. The molecule has 1 aliphatic carbocycles. The van der Waals surface area contributed by atoms with Gasteiger partial charge >= 0.3 is 5.97 Å². The number of carboxylic acids is 1. The molecule has 0 aliphatic heterocycles. The molecule has 0 unspecified atom stereocenters. The highest BCUT2D eigenvalue weighted by molar-refractivity contribution is 5.70. The number of aliphatic hydroxyl groups is 3. The van der Waals surface area contributed by atoms with Crippen LogP contribution in [0.5, 0.6) is 0 Å². The molecule has 6 N–H and O–H groups in total. The lowest BCUT2D eigenvalue weighted by Gasteiger charge is -2.33. The highest BCUT2D eigenvalue weighted by Crippen LogP contribution is 2.46. The van der Waals surface area contributed by atoms with Crippen LogP contribution in [0.3, 0.4) is 0 Å². The number of aromatic nitrogens is 2. The number of carboxylic acid groups (broad SMARTS) is 1. The second kappa shape index (κ2) is 18.4. The maximum absolute atomic E-state index is 12.1. The molecule has 1 aliphatic rings. The first-order valence-corrected chi connectivity index (χ1v) is 16.8. The molecular weight excluding hydrogens is 542 g/mol. The third-order valence-electron chi connectivity index (χ3n) is 9.56. The molecule has 43 heavy (non-hydrogen) atoms. The van der Waals surface area contributed by atoms with E-state index in [1.165, 1.54) is 25.7 Å². The Morgan fingerprint density at radius 3 is 2.35 bits per heavy atom. The maximum Gasteiger partial charge on any atom is 0.309 e. The predicted molar refractivity (Wildman–Crippen MR) is 170 cm³/mol. The van der Waals surface area contributed by atoms with Crippen molar-refractivity contribution in [1.82, 2.24) is 9.97 Å². The number of hydrogen-bond donors (Lipinski definition) is 5. The molecule has 0 radical (unpaired) electrons. The van der Waals surface area contributed by atoms with Crippen molar-refractivity contribution in [2.24, 2.45) is 17.8 Å². The van der Waals surface area contributed by atoms with E-state index in [1.807, 2.05) is 24.3 Å². The number of rotatable bonds is 22. The van der Waals surface area contributed by atoms with Crippen molar-refractivity contribution in [2.75, 3.05) is 5.73 Å². The number of nitrogen functional groups attached to an aromatic ring is 1. The Kier molecular flexibility index (Phi) is 15.0. The zero-order valence-electron chi connectivity index (χ0n) is 26.2. The molecule has 2 aromatic rings. The van der Waals surface area contributed by atoms with E-state index in [-0.39, 0.29) is 24.4 Å². The minimum atomic E-state index is -1.01. The molecule has 2 heterocycles. The monoisotopic (exact) mass is 598 g/mol. The van der Waals surface area contributed by atoms with Gasteiger partial charge in [-0.3, -0.25) is 4.79 Å². The van der Waals surface area contributed by atoms with Crippen molar-refractivity contribution < 1.29 is 25.2 Å². The maximum atomic E-state index is 12.1. The van der Waals surface area contributed by atoms with Gasteiger partial charge in [-0.2, -0.15) is 11.9 Å². The van der Waals surface area contributed by atoms with Gasteiger partial charge in [-0.25, -0.2) is 4.98 Å².